The second-order valence-electron chi connectivity index (χ2n) is 4.31. The van der Waals surface area contributed by atoms with E-state index in [1.54, 1.807) is 13.0 Å². The van der Waals surface area contributed by atoms with Crippen molar-refractivity contribution in [3.8, 4) is 0 Å². The largest absolute Gasteiger partial charge is 0.352 e. The Morgan fingerprint density at radius 2 is 2.00 bits per heavy atom. The summed E-state index contributed by atoms with van der Waals surface area (Å²) >= 11 is 0. The van der Waals surface area contributed by atoms with Gasteiger partial charge >= 0.3 is 0 Å². The third-order valence-electron chi connectivity index (χ3n) is 3.06. The fraction of sp³-hybridized carbons (Fsp3) is 0.500. The molecule has 0 bridgehead atoms. The smallest absolute Gasteiger partial charge is 0.223 e. The van der Waals surface area contributed by atoms with Gasteiger partial charge in [0.2, 0.25) is 5.91 Å². The summed E-state index contributed by atoms with van der Waals surface area (Å²) in [6, 6.07) is 5.04. The first kappa shape index (κ1) is 13.7. The number of hydrogen-bond acceptors (Lipinski definition) is 1. The SMILES string of the molecule is CCC(CC)C(=O)NCc1ccc(C)c(F)c1. The Hall–Kier alpha value is -1.38. The van der Waals surface area contributed by atoms with Crippen molar-refractivity contribution >= 4 is 5.91 Å². The summed E-state index contributed by atoms with van der Waals surface area (Å²) in [4.78, 5) is 11.7. The number of rotatable bonds is 5. The summed E-state index contributed by atoms with van der Waals surface area (Å²) in [5.74, 6) is -0.111. The van der Waals surface area contributed by atoms with E-state index in [1.165, 1.54) is 6.07 Å². The van der Waals surface area contributed by atoms with Gasteiger partial charge in [0.05, 0.1) is 0 Å². The van der Waals surface area contributed by atoms with E-state index in [1.807, 2.05) is 19.9 Å². The maximum atomic E-state index is 13.3. The molecule has 0 aliphatic rings. The van der Waals surface area contributed by atoms with Crippen molar-refractivity contribution in [3.63, 3.8) is 0 Å². The number of nitrogens with one attached hydrogen (secondary N) is 1. The molecule has 0 saturated carbocycles. The molecule has 0 radical (unpaired) electrons. The lowest BCUT2D eigenvalue weighted by molar-refractivity contribution is -0.125. The summed E-state index contributed by atoms with van der Waals surface area (Å²) in [5.41, 5.74) is 1.42. The summed E-state index contributed by atoms with van der Waals surface area (Å²) in [6.45, 7) is 6.12. The van der Waals surface area contributed by atoms with Gasteiger partial charge in [-0.3, -0.25) is 4.79 Å². The highest BCUT2D eigenvalue weighted by Crippen LogP contribution is 2.10. The van der Waals surface area contributed by atoms with Gasteiger partial charge in [0.15, 0.2) is 0 Å². The minimum absolute atomic E-state index is 0.0518. The minimum Gasteiger partial charge on any atom is -0.352 e. The van der Waals surface area contributed by atoms with Gasteiger partial charge in [-0.1, -0.05) is 26.0 Å². The quantitative estimate of drug-likeness (QED) is 0.837. The van der Waals surface area contributed by atoms with Gasteiger partial charge in [-0.2, -0.15) is 0 Å². The Bertz CT molecular complexity index is 386. The molecule has 0 heterocycles. The van der Waals surface area contributed by atoms with Crippen molar-refractivity contribution in [1.29, 1.82) is 0 Å². The van der Waals surface area contributed by atoms with Crippen molar-refractivity contribution in [3.05, 3.63) is 35.1 Å². The molecular formula is C14H20FNO. The number of hydrogen-bond donors (Lipinski definition) is 1. The van der Waals surface area contributed by atoms with Crippen molar-refractivity contribution in [2.75, 3.05) is 0 Å². The summed E-state index contributed by atoms with van der Waals surface area (Å²) in [5, 5.41) is 2.84. The van der Waals surface area contributed by atoms with Crippen LogP contribution in [0.3, 0.4) is 0 Å². The molecule has 17 heavy (non-hydrogen) atoms. The molecule has 0 aliphatic carbocycles. The highest BCUT2D eigenvalue weighted by atomic mass is 19.1. The number of carbonyl (C=O) groups excluding carboxylic acids is 1. The molecule has 1 N–H and O–H groups in total. The van der Waals surface area contributed by atoms with Crippen LogP contribution in [-0.2, 0) is 11.3 Å². The van der Waals surface area contributed by atoms with Gasteiger partial charge in [0.25, 0.3) is 0 Å². The average molecular weight is 237 g/mol. The predicted octanol–water partition coefficient (Wildman–Crippen LogP) is 3.19. The van der Waals surface area contributed by atoms with Crippen molar-refractivity contribution < 1.29 is 9.18 Å². The number of aryl methyl sites for hydroxylation is 1. The highest BCUT2D eigenvalue weighted by Gasteiger charge is 2.13. The summed E-state index contributed by atoms with van der Waals surface area (Å²) < 4.78 is 13.3. The average Bonchev–Trinajstić information content (AvgIpc) is 2.32. The number of halogens is 1. The maximum absolute atomic E-state index is 13.3. The van der Waals surface area contributed by atoms with Crippen LogP contribution >= 0.6 is 0 Å². The van der Waals surface area contributed by atoms with Gasteiger partial charge in [-0.05, 0) is 37.0 Å². The molecular weight excluding hydrogens is 217 g/mol. The number of carbonyl (C=O) groups is 1. The first-order chi connectivity index (χ1) is 8.08. The monoisotopic (exact) mass is 237 g/mol. The van der Waals surface area contributed by atoms with Gasteiger partial charge in [-0.15, -0.1) is 0 Å². The predicted molar refractivity (Wildman–Crippen MR) is 67.1 cm³/mol. The summed E-state index contributed by atoms with van der Waals surface area (Å²) in [6.07, 6.45) is 1.68. The van der Waals surface area contributed by atoms with E-state index in [0.717, 1.165) is 18.4 Å². The molecule has 1 rings (SSSR count). The second-order valence-corrected chi connectivity index (χ2v) is 4.31. The van der Waals surface area contributed by atoms with E-state index in [4.69, 9.17) is 0 Å². The van der Waals surface area contributed by atoms with Crippen LogP contribution in [0.4, 0.5) is 4.39 Å². The Balaban J connectivity index is 2.55. The third-order valence-corrected chi connectivity index (χ3v) is 3.06. The minimum atomic E-state index is -0.223. The van der Waals surface area contributed by atoms with Crippen LogP contribution in [0, 0.1) is 18.7 Å². The Kier molecular flexibility index (Phi) is 5.13. The van der Waals surface area contributed by atoms with Gasteiger partial charge < -0.3 is 5.32 Å². The molecule has 0 aliphatic heterocycles. The van der Waals surface area contributed by atoms with Gasteiger partial charge in [0, 0.05) is 12.5 Å². The van der Waals surface area contributed by atoms with E-state index >= 15 is 0 Å². The van der Waals surface area contributed by atoms with E-state index in [-0.39, 0.29) is 17.6 Å². The molecule has 0 fully saturated rings. The number of benzene rings is 1. The Labute approximate surface area is 102 Å². The number of amides is 1. The van der Waals surface area contributed by atoms with E-state index < -0.39 is 0 Å². The molecule has 1 aromatic carbocycles. The molecule has 0 atom stereocenters. The maximum Gasteiger partial charge on any atom is 0.223 e. The first-order valence-electron chi connectivity index (χ1n) is 6.11. The fourth-order valence-electron chi connectivity index (χ4n) is 1.74. The normalized spacial score (nSPS) is 10.6. The van der Waals surface area contributed by atoms with Crippen molar-refractivity contribution in [1.82, 2.24) is 5.32 Å². The first-order valence-corrected chi connectivity index (χ1v) is 6.11. The molecule has 3 heteroatoms. The topological polar surface area (TPSA) is 29.1 Å². The van der Waals surface area contributed by atoms with E-state index in [9.17, 15) is 9.18 Å². The zero-order chi connectivity index (χ0) is 12.8. The summed E-state index contributed by atoms with van der Waals surface area (Å²) in [7, 11) is 0. The fourth-order valence-corrected chi connectivity index (χ4v) is 1.74. The van der Waals surface area contributed by atoms with Crippen LogP contribution in [0.25, 0.3) is 0 Å². The van der Waals surface area contributed by atoms with E-state index in [0.29, 0.717) is 12.1 Å². The molecule has 0 saturated heterocycles. The zero-order valence-corrected chi connectivity index (χ0v) is 10.7. The van der Waals surface area contributed by atoms with Crippen LogP contribution in [-0.4, -0.2) is 5.91 Å². The second kappa shape index (κ2) is 6.38. The third kappa shape index (κ3) is 3.84. The highest BCUT2D eigenvalue weighted by molar-refractivity contribution is 5.78. The molecule has 0 unspecified atom stereocenters. The van der Waals surface area contributed by atoms with Gasteiger partial charge in [-0.25, -0.2) is 4.39 Å². The van der Waals surface area contributed by atoms with Crippen LogP contribution in [0.2, 0.25) is 0 Å². The molecule has 94 valence electrons. The lowest BCUT2D eigenvalue weighted by Gasteiger charge is -2.12. The molecule has 1 amide bonds. The van der Waals surface area contributed by atoms with Gasteiger partial charge in [0.1, 0.15) is 5.82 Å². The van der Waals surface area contributed by atoms with E-state index in [2.05, 4.69) is 5.32 Å². The standard InChI is InChI=1S/C14H20FNO/c1-4-12(5-2)14(17)16-9-11-7-6-10(3)13(15)8-11/h6-8,12H,4-5,9H2,1-3H3,(H,16,17). The van der Waals surface area contributed by atoms with Crippen LogP contribution in [0.15, 0.2) is 18.2 Å². The molecule has 1 aromatic rings. The van der Waals surface area contributed by atoms with Crippen LogP contribution in [0.5, 0.6) is 0 Å². The van der Waals surface area contributed by atoms with Crippen LogP contribution in [0.1, 0.15) is 37.8 Å². The van der Waals surface area contributed by atoms with Crippen molar-refractivity contribution in [2.24, 2.45) is 5.92 Å². The lowest BCUT2D eigenvalue weighted by atomic mass is 10.0. The molecule has 0 spiro atoms. The zero-order valence-electron chi connectivity index (χ0n) is 10.7. The Morgan fingerprint density at radius 3 is 2.53 bits per heavy atom. The van der Waals surface area contributed by atoms with Crippen LogP contribution < -0.4 is 5.32 Å². The molecule has 2 nitrogen and oxygen atoms in total. The molecule has 0 aromatic heterocycles. The lowest BCUT2D eigenvalue weighted by Crippen LogP contribution is -2.29. The Morgan fingerprint density at radius 1 is 1.35 bits per heavy atom. The van der Waals surface area contributed by atoms with Crippen molar-refractivity contribution in [2.45, 2.75) is 40.2 Å².